The Kier molecular flexibility index (Phi) is 5.25. The number of nitrogens with one attached hydrogen (secondary N) is 2. The molecular weight excluding hydrogens is 274 g/mol. The van der Waals surface area contributed by atoms with Gasteiger partial charge in [0.05, 0.1) is 17.1 Å². The van der Waals surface area contributed by atoms with Crippen molar-refractivity contribution < 1.29 is 19.5 Å². The van der Waals surface area contributed by atoms with E-state index in [2.05, 4.69) is 15.6 Å². The molecule has 1 aromatic rings. The Bertz CT molecular complexity index is 519. The fourth-order valence-corrected chi connectivity index (χ4v) is 1.48. The molecule has 102 valence electrons. The first kappa shape index (κ1) is 14.9. The molecule has 0 bridgehead atoms. The number of carbonyl (C=O) groups excluding carboxylic acids is 2. The number of nitrogens with zero attached hydrogens (tertiary/aromatic N) is 1. The molecule has 1 heterocycles. The fourth-order valence-electron chi connectivity index (χ4n) is 1.19. The molecule has 0 aromatic carbocycles. The summed E-state index contributed by atoms with van der Waals surface area (Å²) in [5.74, 6) is -2.32. The number of amides is 2. The second-order valence-electron chi connectivity index (χ2n) is 3.66. The van der Waals surface area contributed by atoms with Crippen molar-refractivity contribution in [1.82, 2.24) is 15.6 Å². The number of carbonyl (C=O) groups is 3. The van der Waals surface area contributed by atoms with E-state index in [-0.39, 0.29) is 17.1 Å². The summed E-state index contributed by atoms with van der Waals surface area (Å²) in [5, 5.41) is 13.0. The van der Waals surface area contributed by atoms with Gasteiger partial charge < -0.3 is 15.7 Å². The minimum atomic E-state index is -1.16. The van der Waals surface area contributed by atoms with E-state index >= 15 is 0 Å². The molecule has 0 saturated carbocycles. The number of carboxylic acids is 1. The van der Waals surface area contributed by atoms with Crippen LogP contribution in [0, 0.1) is 6.92 Å². The summed E-state index contributed by atoms with van der Waals surface area (Å²) in [6.07, 6.45) is 1.31. The Labute approximate surface area is 114 Å². The van der Waals surface area contributed by atoms with Gasteiger partial charge in [-0.05, 0) is 13.0 Å². The van der Waals surface area contributed by atoms with Gasteiger partial charge in [0.1, 0.15) is 6.54 Å². The van der Waals surface area contributed by atoms with Crippen molar-refractivity contribution in [1.29, 1.82) is 0 Å². The van der Waals surface area contributed by atoms with Gasteiger partial charge in [0.2, 0.25) is 5.91 Å². The largest absolute Gasteiger partial charge is 0.480 e. The zero-order valence-corrected chi connectivity index (χ0v) is 10.8. The predicted molar refractivity (Wildman–Crippen MR) is 67.0 cm³/mol. The first-order chi connectivity index (χ1) is 8.90. The van der Waals surface area contributed by atoms with Gasteiger partial charge in [0.25, 0.3) is 5.91 Å². The third-order valence-corrected chi connectivity index (χ3v) is 2.39. The van der Waals surface area contributed by atoms with Crippen molar-refractivity contribution in [3.05, 3.63) is 28.5 Å². The second-order valence-corrected chi connectivity index (χ2v) is 4.07. The summed E-state index contributed by atoms with van der Waals surface area (Å²) in [7, 11) is 0. The van der Waals surface area contributed by atoms with E-state index in [1.807, 2.05) is 0 Å². The van der Waals surface area contributed by atoms with Gasteiger partial charge in [0, 0.05) is 11.9 Å². The average molecular weight is 286 g/mol. The minimum absolute atomic E-state index is 0.151. The van der Waals surface area contributed by atoms with Crippen LogP contribution in [-0.4, -0.2) is 41.0 Å². The van der Waals surface area contributed by atoms with Crippen molar-refractivity contribution in [3.63, 3.8) is 0 Å². The maximum atomic E-state index is 11.7. The number of halogens is 1. The van der Waals surface area contributed by atoms with Crippen LogP contribution in [0.1, 0.15) is 16.1 Å². The number of hydrogen-bond donors (Lipinski definition) is 3. The van der Waals surface area contributed by atoms with Crippen molar-refractivity contribution in [2.75, 3.05) is 13.1 Å². The number of carboxylic acid groups (broad SMARTS) is 1. The topological polar surface area (TPSA) is 108 Å². The molecule has 0 aliphatic heterocycles. The molecule has 0 saturated heterocycles. The molecule has 0 spiro atoms. The van der Waals surface area contributed by atoms with E-state index in [4.69, 9.17) is 16.7 Å². The first-order valence-electron chi connectivity index (χ1n) is 5.29. The molecule has 1 rings (SSSR count). The van der Waals surface area contributed by atoms with E-state index in [0.29, 0.717) is 5.69 Å². The fraction of sp³-hybridized carbons (Fsp3) is 0.273. The highest BCUT2D eigenvalue weighted by Crippen LogP contribution is 2.15. The Morgan fingerprint density at radius 3 is 2.58 bits per heavy atom. The smallest absolute Gasteiger partial charge is 0.322 e. The van der Waals surface area contributed by atoms with Crippen molar-refractivity contribution in [2.45, 2.75) is 6.92 Å². The molecule has 3 N–H and O–H groups in total. The highest BCUT2D eigenvalue weighted by Gasteiger charge is 2.12. The lowest BCUT2D eigenvalue weighted by Crippen LogP contribution is -2.39. The Morgan fingerprint density at radius 1 is 1.32 bits per heavy atom. The van der Waals surface area contributed by atoms with Crippen LogP contribution in [0.25, 0.3) is 0 Å². The lowest BCUT2D eigenvalue weighted by atomic mass is 10.2. The maximum Gasteiger partial charge on any atom is 0.322 e. The first-order valence-corrected chi connectivity index (χ1v) is 5.66. The van der Waals surface area contributed by atoms with E-state index in [1.54, 1.807) is 6.92 Å². The molecule has 7 nitrogen and oxygen atoms in total. The number of rotatable bonds is 5. The molecule has 0 aliphatic rings. The second kappa shape index (κ2) is 6.69. The molecule has 0 aliphatic carbocycles. The van der Waals surface area contributed by atoms with Crippen molar-refractivity contribution >= 4 is 29.4 Å². The van der Waals surface area contributed by atoms with E-state index < -0.39 is 24.3 Å². The van der Waals surface area contributed by atoms with Gasteiger partial charge in [-0.2, -0.15) is 0 Å². The summed E-state index contributed by atoms with van der Waals surface area (Å²) in [5.41, 5.74) is 0.819. The van der Waals surface area contributed by atoms with E-state index in [1.165, 1.54) is 12.3 Å². The van der Waals surface area contributed by atoms with Gasteiger partial charge in [-0.1, -0.05) is 11.6 Å². The van der Waals surface area contributed by atoms with Crippen LogP contribution in [0.3, 0.4) is 0 Å². The lowest BCUT2D eigenvalue weighted by molar-refractivity contribution is -0.137. The summed E-state index contributed by atoms with van der Waals surface area (Å²) >= 11 is 5.86. The maximum absolute atomic E-state index is 11.7. The van der Waals surface area contributed by atoms with Crippen LogP contribution < -0.4 is 10.6 Å². The van der Waals surface area contributed by atoms with Crippen molar-refractivity contribution in [2.24, 2.45) is 0 Å². The quantitative estimate of drug-likeness (QED) is 0.704. The van der Waals surface area contributed by atoms with Crippen LogP contribution in [0.15, 0.2) is 12.3 Å². The lowest BCUT2D eigenvalue weighted by Gasteiger charge is -2.06. The van der Waals surface area contributed by atoms with Gasteiger partial charge in [0.15, 0.2) is 0 Å². The van der Waals surface area contributed by atoms with Crippen LogP contribution >= 0.6 is 11.6 Å². The van der Waals surface area contributed by atoms with Gasteiger partial charge in [-0.25, -0.2) is 0 Å². The zero-order valence-electron chi connectivity index (χ0n) is 10.1. The predicted octanol–water partition coefficient (Wildman–Crippen LogP) is -0.0260. The minimum Gasteiger partial charge on any atom is -0.480 e. The normalized spacial score (nSPS) is 9.79. The molecule has 0 atom stereocenters. The van der Waals surface area contributed by atoms with Gasteiger partial charge in [-0.3, -0.25) is 19.4 Å². The van der Waals surface area contributed by atoms with Crippen LogP contribution in [0.4, 0.5) is 0 Å². The zero-order chi connectivity index (χ0) is 14.4. The van der Waals surface area contributed by atoms with Crippen LogP contribution in [-0.2, 0) is 9.59 Å². The standard InChI is InChI=1S/C11H12ClN3O4/c1-6-2-8(12)7(3-13-6)11(19)15-4-9(16)14-5-10(17)18/h2-3H,4-5H2,1H3,(H,14,16)(H,15,19)(H,17,18). The molecule has 2 amide bonds. The number of aryl methyl sites for hydroxylation is 1. The average Bonchev–Trinajstić information content (AvgIpc) is 2.33. The molecule has 0 fully saturated rings. The number of aromatic nitrogens is 1. The monoisotopic (exact) mass is 285 g/mol. The van der Waals surface area contributed by atoms with E-state index in [0.717, 1.165) is 0 Å². The highest BCUT2D eigenvalue weighted by molar-refractivity contribution is 6.33. The Balaban J connectivity index is 2.51. The molecule has 1 aromatic heterocycles. The number of hydrogen-bond acceptors (Lipinski definition) is 4. The summed E-state index contributed by atoms with van der Waals surface area (Å²) in [6.45, 7) is 0.894. The third-order valence-electron chi connectivity index (χ3n) is 2.08. The van der Waals surface area contributed by atoms with Gasteiger partial charge >= 0.3 is 5.97 Å². The summed E-state index contributed by atoms with van der Waals surface area (Å²) in [4.78, 5) is 37.0. The molecule has 19 heavy (non-hydrogen) atoms. The van der Waals surface area contributed by atoms with Crippen molar-refractivity contribution in [3.8, 4) is 0 Å². The SMILES string of the molecule is Cc1cc(Cl)c(C(=O)NCC(=O)NCC(=O)O)cn1. The third kappa shape index (κ3) is 4.92. The van der Waals surface area contributed by atoms with E-state index in [9.17, 15) is 14.4 Å². The Morgan fingerprint density at radius 2 is 2.00 bits per heavy atom. The summed E-state index contributed by atoms with van der Waals surface area (Å²) < 4.78 is 0. The summed E-state index contributed by atoms with van der Waals surface area (Å²) in [6, 6.07) is 1.53. The number of aliphatic carboxylic acids is 1. The molecular formula is C11H12ClN3O4. The number of pyridine rings is 1. The van der Waals surface area contributed by atoms with Crippen LogP contribution in [0.5, 0.6) is 0 Å². The molecule has 0 unspecified atom stereocenters. The Hall–Kier alpha value is -2.15. The molecule has 0 radical (unpaired) electrons. The van der Waals surface area contributed by atoms with Crippen LogP contribution in [0.2, 0.25) is 5.02 Å². The molecule has 8 heteroatoms. The van der Waals surface area contributed by atoms with Gasteiger partial charge in [-0.15, -0.1) is 0 Å². The highest BCUT2D eigenvalue weighted by atomic mass is 35.5.